The van der Waals surface area contributed by atoms with E-state index in [1.807, 2.05) is 0 Å². The Hall–Kier alpha value is -2.43. The Bertz CT molecular complexity index is 656. The number of rotatable bonds is 3. The Labute approximate surface area is 114 Å². The Kier molecular flexibility index (Phi) is 3.98. The number of aromatic hydroxyl groups is 1. The van der Waals surface area contributed by atoms with Crippen molar-refractivity contribution in [2.24, 2.45) is 0 Å². The zero-order valence-corrected chi connectivity index (χ0v) is 10.8. The summed E-state index contributed by atoms with van der Waals surface area (Å²) >= 11 is 0. The molecule has 0 aliphatic carbocycles. The van der Waals surface area contributed by atoms with Crippen LogP contribution in [0.2, 0.25) is 0 Å². The molecule has 2 aromatic rings. The van der Waals surface area contributed by atoms with Crippen LogP contribution in [0.15, 0.2) is 36.4 Å². The molecule has 5 heteroatoms. The number of halogens is 2. The molecule has 2 rings (SSSR count). The van der Waals surface area contributed by atoms with E-state index in [4.69, 9.17) is 0 Å². The van der Waals surface area contributed by atoms with E-state index in [-0.39, 0.29) is 17.9 Å². The fourth-order valence-corrected chi connectivity index (χ4v) is 1.79. The zero-order valence-electron chi connectivity index (χ0n) is 10.8. The average molecular weight is 277 g/mol. The van der Waals surface area contributed by atoms with Crippen molar-refractivity contribution in [3.8, 4) is 5.75 Å². The lowest BCUT2D eigenvalue weighted by Crippen LogP contribution is -2.25. The summed E-state index contributed by atoms with van der Waals surface area (Å²) in [5.74, 6) is -2.63. The number of para-hydroxylation sites is 1. The number of phenols is 1. The predicted molar refractivity (Wildman–Crippen MR) is 70.4 cm³/mol. The van der Waals surface area contributed by atoms with Crippen LogP contribution in [0, 0.1) is 18.6 Å². The molecule has 104 valence electrons. The molecule has 0 saturated carbocycles. The minimum atomic E-state index is -0.914. The van der Waals surface area contributed by atoms with Crippen LogP contribution in [-0.2, 0) is 6.54 Å². The third-order valence-electron chi connectivity index (χ3n) is 2.94. The molecule has 2 aromatic carbocycles. The highest BCUT2D eigenvalue weighted by Gasteiger charge is 2.18. The van der Waals surface area contributed by atoms with E-state index in [1.54, 1.807) is 18.2 Å². The predicted octanol–water partition coefficient (Wildman–Crippen LogP) is 2.91. The first-order chi connectivity index (χ1) is 9.50. The van der Waals surface area contributed by atoms with Gasteiger partial charge >= 0.3 is 0 Å². The molecule has 0 saturated heterocycles. The molecular formula is C15H13F2NO2. The van der Waals surface area contributed by atoms with Crippen molar-refractivity contribution in [1.82, 2.24) is 5.32 Å². The van der Waals surface area contributed by atoms with Crippen molar-refractivity contribution < 1.29 is 18.7 Å². The Balaban J connectivity index is 2.18. The SMILES string of the molecule is Cc1ccc(F)c(C(=O)NCc2ccccc2O)c1F. The van der Waals surface area contributed by atoms with Gasteiger partial charge < -0.3 is 10.4 Å². The second-order valence-electron chi connectivity index (χ2n) is 4.36. The second kappa shape index (κ2) is 5.69. The molecule has 0 radical (unpaired) electrons. The minimum absolute atomic E-state index is 0.0120. The van der Waals surface area contributed by atoms with Crippen LogP contribution in [0.3, 0.4) is 0 Å². The van der Waals surface area contributed by atoms with Crippen LogP contribution in [0.1, 0.15) is 21.5 Å². The van der Waals surface area contributed by atoms with Gasteiger partial charge in [0.05, 0.1) is 0 Å². The minimum Gasteiger partial charge on any atom is -0.508 e. The van der Waals surface area contributed by atoms with Crippen LogP contribution >= 0.6 is 0 Å². The third kappa shape index (κ3) is 2.77. The van der Waals surface area contributed by atoms with Gasteiger partial charge in [-0.05, 0) is 24.6 Å². The number of benzene rings is 2. The number of amides is 1. The van der Waals surface area contributed by atoms with E-state index in [0.29, 0.717) is 5.56 Å². The molecule has 0 unspecified atom stereocenters. The van der Waals surface area contributed by atoms with Crippen molar-refractivity contribution in [2.45, 2.75) is 13.5 Å². The molecule has 0 aromatic heterocycles. The van der Waals surface area contributed by atoms with Crippen LogP contribution in [-0.4, -0.2) is 11.0 Å². The van der Waals surface area contributed by atoms with E-state index in [9.17, 15) is 18.7 Å². The first-order valence-corrected chi connectivity index (χ1v) is 6.00. The maximum Gasteiger partial charge on any atom is 0.257 e. The lowest BCUT2D eigenvalue weighted by atomic mass is 10.1. The molecule has 20 heavy (non-hydrogen) atoms. The Morgan fingerprint density at radius 1 is 1.20 bits per heavy atom. The summed E-state index contributed by atoms with van der Waals surface area (Å²) in [4.78, 5) is 11.9. The normalized spacial score (nSPS) is 10.3. The molecular weight excluding hydrogens is 264 g/mol. The van der Waals surface area contributed by atoms with E-state index in [0.717, 1.165) is 6.07 Å². The molecule has 0 aliphatic rings. The van der Waals surface area contributed by atoms with Crippen LogP contribution in [0.5, 0.6) is 5.75 Å². The second-order valence-corrected chi connectivity index (χ2v) is 4.36. The van der Waals surface area contributed by atoms with E-state index in [1.165, 1.54) is 19.1 Å². The fraction of sp³-hybridized carbons (Fsp3) is 0.133. The summed E-state index contributed by atoms with van der Waals surface area (Å²) in [6.45, 7) is 1.44. The van der Waals surface area contributed by atoms with Gasteiger partial charge in [-0.3, -0.25) is 4.79 Å². The van der Waals surface area contributed by atoms with Gasteiger partial charge in [0, 0.05) is 12.1 Å². The van der Waals surface area contributed by atoms with Crippen molar-refractivity contribution >= 4 is 5.91 Å². The van der Waals surface area contributed by atoms with Crippen molar-refractivity contribution in [1.29, 1.82) is 0 Å². The highest BCUT2D eigenvalue weighted by atomic mass is 19.1. The Morgan fingerprint density at radius 2 is 1.90 bits per heavy atom. The summed E-state index contributed by atoms with van der Waals surface area (Å²) in [5, 5.41) is 11.9. The molecule has 0 spiro atoms. The van der Waals surface area contributed by atoms with Crippen LogP contribution in [0.25, 0.3) is 0 Å². The van der Waals surface area contributed by atoms with Gasteiger partial charge in [-0.2, -0.15) is 0 Å². The van der Waals surface area contributed by atoms with Crippen molar-refractivity contribution in [3.05, 3.63) is 64.7 Å². The molecule has 3 nitrogen and oxygen atoms in total. The van der Waals surface area contributed by atoms with Crippen LogP contribution in [0.4, 0.5) is 8.78 Å². The van der Waals surface area contributed by atoms with Gasteiger partial charge in [0.2, 0.25) is 0 Å². The number of aryl methyl sites for hydroxylation is 1. The summed E-state index contributed by atoms with van der Waals surface area (Å²) in [5.41, 5.74) is 0.0499. The van der Waals surface area contributed by atoms with E-state index in [2.05, 4.69) is 5.32 Å². The third-order valence-corrected chi connectivity index (χ3v) is 2.94. The quantitative estimate of drug-likeness (QED) is 0.906. The summed E-state index contributed by atoms with van der Waals surface area (Å²) in [6, 6.07) is 8.72. The van der Waals surface area contributed by atoms with Crippen molar-refractivity contribution in [2.75, 3.05) is 0 Å². The Morgan fingerprint density at radius 3 is 2.60 bits per heavy atom. The molecule has 0 heterocycles. The number of hydrogen-bond donors (Lipinski definition) is 2. The zero-order chi connectivity index (χ0) is 14.7. The molecule has 0 aliphatic heterocycles. The number of phenolic OH excluding ortho intramolecular Hbond substituents is 1. The van der Waals surface area contributed by atoms with Gasteiger partial charge in [-0.25, -0.2) is 8.78 Å². The maximum atomic E-state index is 13.8. The van der Waals surface area contributed by atoms with Gasteiger partial charge in [0.15, 0.2) is 0 Å². The first kappa shape index (κ1) is 14.0. The van der Waals surface area contributed by atoms with Gasteiger partial charge in [0.25, 0.3) is 5.91 Å². The maximum absolute atomic E-state index is 13.8. The van der Waals surface area contributed by atoms with Crippen molar-refractivity contribution in [3.63, 3.8) is 0 Å². The summed E-state index contributed by atoms with van der Waals surface area (Å²) in [7, 11) is 0. The largest absolute Gasteiger partial charge is 0.508 e. The lowest BCUT2D eigenvalue weighted by Gasteiger charge is -2.09. The summed E-state index contributed by atoms with van der Waals surface area (Å²) in [6.07, 6.45) is 0. The van der Waals surface area contributed by atoms with Gasteiger partial charge in [-0.1, -0.05) is 24.3 Å². The molecule has 0 fully saturated rings. The highest BCUT2D eigenvalue weighted by Crippen LogP contribution is 2.18. The number of carbonyl (C=O) groups is 1. The standard InChI is InChI=1S/C15H13F2NO2/c1-9-6-7-11(16)13(14(9)17)15(20)18-8-10-4-2-3-5-12(10)19/h2-7,19H,8H2,1H3,(H,18,20). The van der Waals surface area contributed by atoms with Crippen LogP contribution < -0.4 is 5.32 Å². The number of nitrogens with one attached hydrogen (secondary N) is 1. The molecule has 2 N–H and O–H groups in total. The lowest BCUT2D eigenvalue weighted by molar-refractivity contribution is 0.0942. The monoisotopic (exact) mass is 277 g/mol. The number of hydrogen-bond acceptors (Lipinski definition) is 2. The van der Waals surface area contributed by atoms with Gasteiger partial charge in [0.1, 0.15) is 22.9 Å². The smallest absolute Gasteiger partial charge is 0.257 e. The molecule has 0 atom stereocenters. The van der Waals surface area contributed by atoms with Gasteiger partial charge in [-0.15, -0.1) is 0 Å². The fourth-order valence-electron chi connectivity index (χ4n) is 1.79. The molecule has 0 bridgehead atoms. The number of carbonyl (C=O) groups excluding carboxylic acids is 1. The first-order valence-electron chi connectivity index (χ1n) is 6.00. The van der Waals surface area contributed by atoms with E-state index >= 15 is 0 Å². The topological polar surface area (TPSA) is 49.3 Å². The molecule has 1 amide bonds. The van der Waals surface area contributed by atoms with E-state index < -0.39 is 23.1 Å². The summed E-state index contributed by atoms with van der Waals surface area (Å²) < 4.78 is 27.3. The average Bonchev–Trinajstić information content (AvgIpc) is 2.42. The highest BCUT2D eigenvalue weighted by molar-refractivity contribution is 5.94.